The second-order valence-corrected chi connectivity index (χ2v) is 4.66. The van der Waals surface area contributed by atoms with Gasteiger partial charge in [-0.3, -0.25) is 4.79 Å². The van der Waals surface area contributed by atoms with Crippen LogP contribution in [0.2, 0.25) is 5.02 Å². The van der Waals surface area contributed by atoms with Crippen molar-refractivity contribution in [1.82, 2.24) is 4.57 Å². The lowest BCUT2D eigenvalue weighted by Crippen LogP contribution is -2.12. The van der Waals surface area contributed by atoms with E-state index < -0.39 is 0 Å². The second kappa shape index (κ2) is 5.44. The molecule has 18 heavy (non-hydrogen) atoms. The summed E-state index contributed by atoms with van der Waals surface area (Å²) in [6, 6.07) is 7.81. The molecule has 0 saturated carbocycles. The van der Waals surface area contributed by atoms with Crippen molar-refractivity contribution in [3.05, 3.63) is 35.5 Å². The molecule has 0 radical (unpaired) electrons. The number of hydrogen-bond acceptors (Lipinski definition) is 2. The van der Waals surface area contributed by atoms with Crippen LogP contribution in [0.5, 0.6) is 0 Å². The molecule has 0 spiro atoms. The van der Waals surface area contributed by atoms with Crippen molar-refractivity contribution in [2.45, 2.75) is 26.3 Å². The number of benzene rings is 1. The van der Waals surface area contributed by atoms with Crippen LogP contribution in [0.4, 0.5) is 0 Å². The smallest absolute Gasteiger partial charge is 0.307 e. The lowest BCUT2D eigenvalue weighted by Gasteiger charge is -2.14. The molecule has 96 valence electrons. The van der Waals surface area contributed by atoms with E-state index >= 15 is 0 Å². The highest BCUT2D eigenvalue weighted by Crippen LogP contribution is 2.27. The third kappa shape index (κ3) is 2.51. The van der Waals surface area contributed by atoms with Gasteiger partial charge in [-0.2, -0.15) is 0 Å². The predicted octanol–water partition coefficient (Wildman–Crippen LogP) is 3.81. The van der Waals surface area contributed by atoms with E-state index in [0.29, 0.717) is 13.0 Å². The number of ether oxygens (including phenoxy) is 1. The van der Waals surface area contributed by atoms with Crippen LogP contribution in [-0.2, 0) is 9.53 Å². The average Bonchev–Trinajstić information content (AvgIpc) is 2.74. The van der Waals surface area contributed by atoms with Gasteiger partial charge in [-0.1, -0.05) is 17.7 Å². The molecule has 0 aliphatic carbocycles. The molecule has 0 bridgehead atoms. The van der Waals surface area contributed by atoms with Crippen molar-refractivity contribution in [3.63, 3.8) is 0 Å². The Kier molecular flexibility index (Phi) is 3.92. The Bertz CT molecular complexity index is 562. The van der Waals surface area contributed by atoms with Gasteiger partial charge >= 0.3 is 5.97 Å². The van der Waals surface area contributed by atoms with E-state index in [4.69, 9.17) is 16.3 Å². The maximum absolute atomic E-state index is 11.5. The first kappa shape index (κ1) is 13.0. The average molecular weight is 266 g/mol. The molecule has 0 aliphatic rings. The number of nitrogens with zero attached hydrogens (tertiary/aromatic N) is 1. The molecule has 2 aromatic rings. The van der Waals surface area contributed by atoms with Crippen LogP contribution in [0.3, 0.4) is 0 Å². The van der Waals surface area contributed by atoms with Crippen LogP contribution in [0, 0.1) is 0 Å². The normalized spacial score (nSPS) is 12.6. The fourth-order valence-electron chi connectivity index (χ4n) is 2.09. The van der Waals surface area contributed by atoms with Gasteiger partial charge in [-0.15, -0.1) is 0 Å². The SMILES string of the molecule is CCOC(=O)CC(C)n1ccc2c(Cl)cccc21. The van der Waals surface area contributed by atoms with Crippen molar-refractivity contribution >= 4 is 28.5 Å². The summed E-state index contributed by atoms with van der Waals surface area (Å²) >= 11 is 6.13. The van der Waals surface area contributed by atoms with Crippen molar-refractivity contribution < 1.29 is 9.53 Å². The Labute approximate surface area is 111 Å². The topological polar surface area (TPSA) is 31.2 Å². The Balaban J connectivity index is 2.26. The first-order valence-corrected chi connectivity index (χ1v) is 6.42. The third-order valence-corrected chi connectivity index (χ3v) is 3.28. The van der Waals surface area contributed by atoms with E-state index in [1.807, 2.05) is 44.3 Å². The first-order chi connectivity index (χ1) is 8.63. The zero-order chi connectivity index (χ0) is 13.1. The lowest BCUT2D eigenvalue weighted by molar-refractivity contribution is -0.143. The van der Waals surface area contributed by atoms with E-state index in [0.717, 1.165) is 15.9 Å². The minimum atomic E-state index is -0.172. The number of aromatic nitrogens is 1. The van der Waals surface area contributed by atoms with Crippen LogP contribution in [-0.4, -0.2) is 17.1 Å². The number of halogens is 1. The van der Waals surface area contributed by atoms with Crippen LogP contribution < -0.4 is 0 Å². The number of carbonyl (C=O) groups excluding carboxylic acids is 1. The molecule has 0 amide bonds. The molecule has 3 nitrogen and oxygen atoms in total. The van der Waals surface area contributed by atoms with Gasteiger partial charge in [0.1, 0.15) is 0 Å². The molecule has 4 heteroatoms. The van der Waals surface area contributed by atoms with E-state index in [2.05, 4.69) is 4.57 Å². The summed E-state index contributed by atoms with van der Waals surface area (Å²) in [6.45, 7) is 4.23. The summed E-state index contributed by atoms with van der Waals surface area (Å²) in [5.74, 6) is -0.172. The predicted molar refractivity (Wildman–Crippen MR) is 72.9 cm³/mol. The highest BCUT2D eigenvalue weighted by Gasteiger charge is 2.14. The molecule has 0 aliphatic heterocycles. The Hall–Kier alpha value is -1.48. The quantitative estimate of drug-likeness (QED) is 0.787. The highest BCUT2D eigenvalue weighted by molar-refractivity contribution is 6.35. The molecular formula is C14H16ClNO2. The van der Waals surface area contributed by atoms with Gasteiger partial charge in [-0.05, 0) is 32.0 Å². The lowest BCUT2D eigenvalue weighted by atomic mass is 10.2. The minimum Gasteiger partial charge on any atom is -0.466 e. The Morgan fingerprint density at radius 1 is 1.44 bits per heavy atom. The van der Waals surface area contributed by atoms with E-state index in [1.54, 1.807) is 0 Å². The fraction of sp³-hybridized carbons (Fsp3) is 0.357. The second-order valence-electron chi connectivity index (χ2n) is 4.25. The standard InChI is InChI=1S/C14H16ClNO2/c1-3-18-14(17)9-10(2)16-8-7-11-12(15)5-4-6-13(11)16/h4-8,10H,3,9H2,1-2H3. The van der Waals surface area contributed by atoms with Crippen molar-refractivity contribution in [2.75, 3.05) is 6.61 Å². The highest BCUT2D eigenvalue weighted by atomic mass is 35.5. The van der Waals surface area contributed by atoms with Gasteiger partial charge in [0.25, 0.3) is 0 Å². The molecule has 1 aromatic carbocycles. The molecular weight excluding hydrogens is 250 g/mol. The number of fused-ring (bicyclic) bond motifs is 1. The van der Waals surface area contributed by atoms with Crippen LogP contribution in [0.25, 0.3) is 10.9 Å². The Morgan fingerprint density at radius 2 is 2.22 bits per heavy atom. The maximum Gasteiger partial charge on any atom is 0.307 e. The minimum absolute atomic E-state index is 0.0556. The number of rotatable bonds is 4. The number of carbonyl (C=O) groups is 1. The van der Waals surface area contributed by atoms with Crippen molar-refractivity contribution in [1.29, 1.82) is 0 Å². The molecule has 1 heterocycles. The molecule has 1 unspecified atom stereocenters. The molecule has 1 atom stereocenters. The maximum atomic E-state index is 11.5. The van der Waals surface area contributed by atoms with Crippen LogP contribution >= 0.6 is 11.6 Å². The summed E-state index contributed by atoms with van der Waals surface area (Å²) in [5, 5.41) is 1.74. The van der Waals surface area contributed by atoms with E-state index in [-0.39, 0.29) is 12.0 Å². The Morgan fingerprint density at radius 3 is 2.94 bits per heavy atom. The fourth-order valence-corrected chi connectivity index (χ4v) is 2.33. The monoisotopic (exact) mass is 265 g/mol. The first-order valence-electron chi connectivity index (χ1n) is 6.04. The van der Waals surface area contributed by atoms with Crippen molar-refractivity contribution in [3.8, 4) is 0 Å². The van der Waals surface area contributed by atoms with Gasteiger partial charge in [0.05, 0.1) is 13.0 Å². The molecule has 0 saturated heterocycles. The van der Waals surface area contributed by atoms with Gasteiger partial charge in [0.15, 0.2) is 0 Å². The van der Waals surface area contributed by atoms with E-state index in [9.17, 15) is 4.79 Å². The van der Waals surface area contributed by atoms with Crippen LogP contribution in [0.1, 0.15) is 26.3 Å². The summed E-state index contributed by atoms with van der Waals surface area (Å²) < 4.78 is 7.02. The third-order valence-electron chi connectivity index (χ3n) is 2.95. The van der Waals surface area contributed by atoms with Gasteiger partial charge < -0.3 is 9.30 Å². The van der Waals surface area contributed by atoms with Crippen LogP contribution in [0.15, 0.2) is 30.5 Å². The molecule has 1 aromatic heterocycles. The molecule has 0 fully saturated rings. The molecule has 2 rings (SSSR count). The van der Waals surface area contributed by atoms with Gasteiger partial charge in [-0.25, -0.2) is 0 Å². The summed E-state index contributed by atoms with van der Waals surface area (Å²) in [6.07, 6.45) is 2.32. The summed E-state index contributed by atoms with van der Waals surface area (Å²) in [4.78, 5) is 11.5. The zero-order valence-corrected chi connectivity index (χ0v) is 11.3. The molecule has 0 N–H and O–H groups in total. The van der Waals surface area contributed by atoms with E-state index in [1.165, 1.54) is 0 Å². The number of esters is 1. The zero-order valence-electron chi connectivity index (χ0n) is 10.5. The summed E-state index contributed by atoms with van der Waals surface area (Å²) in [5.41, 5.74) is 1.04. The largest absolute Gasteiger partial charge is 0.466 e. The summed E-state index contributed by atoms with van der Waals surface area (Å²) in [7, 11) is 0. The van der Waals surface area contributed by atoms with Crippen molar-refractivity contribution in [2.24, 2.45) is 0 Å². The van der Waals surface area contributed by atoms with Gasteiger partial charge in [0.2, 0.25) is 0 Å². The number of hydrogen-bond donors (Lipinski definition) is 0. The van der Waals surface area contributed by atoms with Gasteiger partial charge in [0, 0.05) is 28.2 Å².